The van der Waals surface area contributed by atoms with E-state index in [1.54, 1.807) is 0 Å². The van der Waals surface area contributed by atoms with E-state index in [1.807, 2.05) is 9.80 Å². The monoisotopic (exact) mass is 385 g/mol. The van der Waals surface area contributed by atoms with Crippen molar-refractivity contribution in [2.24, 2.45) is 5.92 Å². The Morgan fingerprint density at radius 2 is 1.46 bits per heavy atom. The van der Waals surface area contributed by atoms with E-state index in [0.717, 1.165) is 25.2 Å². The molecule has 1 aromatic rings. The van der Waals surface area contributed by atoms with Crippen LogP contribution in [-0.2, 0) is 9.59 Å². The average molecular weight is 386 g/mol. The summed E-state index contributed by atoms with van der Waals surface area (Å²) < 4.78 is 0. The second-order valence-corrected chi connectivity index (χ2v) is 8.64. The molecule has 2 aliphatic rings. The number of carbonyl (C=O) groups excluding carboxylic acids is 2. The molecule has 0 aliphatic carbocycles. The van der Waals surface area contributed by atoms with Crippen molar-refractivity contribution >= 4 is 11.8 Å². The maximum absolute atomic E-state index is 13.2. The molecule has 0 radical (unpaired) electrons. The Bertz CT molecular complexity index is 657. The highest BCUT2D eigenvalue weighted by molar-refractivity contribution is 5.84. The average Bonchev–Trinajstić information content (AvgIpc) is 3.21. The van der Waals surface area contributed by atoms with Crippen molar-refractivity contribution < 1.29 is 9.59 Å². The summed E-state index contributed by atoms with van der Waals surface area (Å²) in [5, 5.41) is 0. The van der Waals surface area contributed by atoms with E-state index in [1.165, 1.54) is 18.4 Å². The quantitative estimate of drug-likeness (QED) is 0.756. The maximum Gasteiger partial charge on any atom is 0.230 e. The molecule has 3 rings (SSSR count). The number of hydrogen-bond donors (Lipinski definition) is 0. The van der Waals surface area contributed by atoms with Crippen LogP contribution in [0.1, 0.15) is 50.2 Å². The molecule has 2 heterocycles. The molecule has 2 saturated heterocycles. The van der Waals surface area contributed by atoms with Gasteiger partial charge in [0.2, 0.25) is 11.8 Å². The molecule has 1 unspecified atom stereocenters. The van der Waals surface area contributed by atoms with E-state index >= 15 is 0 Å². The molecule has 0 aromatic heterocycles. The van der Waals surface area contributed by atoms with Crippen LogP contribution in [0.25, 0.3) is 0 Å². The molecule has 0 saturated carbocycles. The van der Waals surface area contributed by atoms with Gasteiger partial charge >= 0.3 is 0 Å². The van der Waals surface area contributed by atoms with E-state index in [0.29, 0.717) is 32.6 Å². The van der Waals surface area contributed by atoms with Crippen LogP contribution in [0.2, 0.25) is 0 Å². The predicted octanol–water partition coefficient (Wildman–Crippen LogP) is 2.89. The van der Waals surface area contributed by atoms with Gasteiger partial charge in [-0.05, 0) is 44.3 Å². The first-order valence-corrected chi connectivity index (χ1v) is 10.8. The van der Waals surface area contributed by atoms with Crippen molar-refractivity contribution in [2.75, 3.05) is 45.8 Å². The van der Waals surface area contributed by atoms with Crippen LogP contribution in [0.15, 0.2) is 24.3 Å². The number of rotatable bonds is 6. The van der Waals surface area contributed by atoms with Gasteiger partial charge < -0.3 is 14.7 Å². The van der Waals surface area contributed by atoms with Crippen molar-refractivity contribution in [1.82, 2.24) is 14.7 Å². The van der Waals surface area contributed by atoms with Crippen molar-refractivity contribution in [3.8, 4) is 0 Å². The fourth-order valence-corrected chi connectivity index (χ4v) is 4.38. The molecule has 2 amide bonds. The molecule has 28 heavy (non-hydrogen) atoms. The Balaban J connectivity index is 1.53. The minimum Gasteiger partial charge on any atom is -0.339 e. The molecule has 2 aliphatic heterocycles. The SMILES string of the molecule is Cc1ccc(C(C(=O)N2CCN(C(=O)CCN3CCCC3)CC2)C(C)C)cc1. The number of aryl methyl sites for hydroxylation is 1. The molecule has 154 valence electrons. The zero-order chi connectivity index (χ0) is 20.1. The van der Waals surface area contributed by atoms with Crippen molar-refractivity contribution in [1.29, 1.82) is 0 Å². The molecule has 0 N–H and O–H groups in total. The summed E-state index contributed by atoms with van der Waals surface area (Å²) in [6.45, 7) is 12.0. The molecule has 5 heteroatoms. The summed E-state index contributed by atoms with van der Waals surface area (Å²) in [5.74, 6) is 0.564. The predicted molar refractivity (Wildman–Crippen MR) is 112 cm³/mol. The Morgan fingerprint density at radius 3 is 2.04 bits per heavy atom. The van der Waals surface area contributed by atoms with E-state index in [4.69, 9.17) is 0 Å². The lowest BCUT2D eigenvalue weighted by Crippen LogP contribution is -2.52. The maximum atomic E-state index is 13.2. The van der Waals surface area contributed by atoms with E-state index in [9.17, 15) is 9.59 Å². The van der Waals surface area contributed by atoms with Crippen LogP contribution >= 0.6 is 0 Å². The Morgan fingerprint density at radius 1 is 0.893 bits per heavy atom. The number of amides is 2. The highest BCUT2D eigenvalue weighted by Gasteiger charge is 2.31. The van der Waals surface area contributed by atoms with Crippen molar-refractivity contribution in [3.05, 3.63) is 35.4 Å². The van der Waals surface area contributed by atoms with Crippen LogP contribution in [0.3, 0.4) is 0 Å². The Kier molecular flexibility index (Phi) is 7.11. The van der Waals surface area contributed by atoms with Gasteiger partial charge in [0.25, 0.3) is 0 Å². The van der Waals surface area contributed by atoms with Crippen LogP contribution in [0.5, 0.6) is 0 Å². The van der Waals surface area contributed by atoms with Crippen LogP contribution in [-0.4, -0.2) is 72.3 Å². The normalized spacial score (nSPS) is 19.3. The van der Waals surface area contributed by atoms with Crippen LogP contribution < -0.4 is 0 Å². The number of nitrogens with zero attached hydrogens (tertiary/aromatic N) is 3. The summed E-state index contributed by atoms with van der Waals surface area (Å²) >= 11 is 0. The molecular formula is C23H35N3O2. The first kappa shape index (κ1) is 20.8. The third-order valence-corrected chi connectivity index (χ3v) is 6.15. The van der Waals surface area contributed by atoms with Gasteiger partial charge in [-0.3, -0.25) is 9.59 Å². The second kappa shape index (κ2) is 9.55. The van der Waals surface area contributed by atoms with E-state index in [2.05, 4.69) is 49.9 Å². The fourth-order valence-electron chi connectivity index (χ4n) is 4.38. The molecule has 1 atom stereocenters. The standard InChI is InChI=1S/C23H35N3O2/c1-18(2)22(20-8-6-19(3)7-9-20)23(28)26-16-14-25(15-17-26)21(27)10-13-24-11-4-5-12-24/h6-9,18,22H,4-5,10-17H2,1-3H3. The summed E-state index contributed by atoms with van der Waals surface area (Å²) in [7, 11) is 0. The number of likely N-dealkylation sites (tertiary alicyclic amines) is 1. The van der Waals surface area contributed by atoms with Crippen LogP contribution in [0, 0.1) is 12.8 Å². The molecule has 5 nitrogen and oxygen atoms in total. The Hall–Kier alpha value is -1.88. The summed E-state index contributed by atoms with van der Waals surface area (Å²) in [6, 6.07) is 8.32. The van der Waals surface area contributed by atoms with Crippen molar-refractivity contribution in [3.63, 3.8) is 0 Å². The minimum absolute atomic E-state index is 0.113. The first-order valence-electron chi connectivity index (χ1n) is 10.8. The number of carbonyl (C=O) groups is 2. The fraction of sp³-hybridized carbons (Fsp3) is 0.652. The van der Waals surface area contributed by atoms with Gasteiger partial charge in [0.15, 0.2) is 0 Å². The molecule has 0 bridgehead atoms. The third-order valence-electron chi connectivity index (χ3n) is 6.15. The smallest absolute Gasteiger partial charge is 0.230 e. The van der Waals surface area contributed by atoms with E-state index < -0.39 is 0 Å². The minimum atomic E-state index is -0.113. The molecular weight excluding hydrogens is 350 g/mol. The van der Waals surface area contributed by atoms with Gasteiger partial charge in [-0.25, -0.2) is 0 Å². The zero-order valence-electron chi connectivity index (χ0n) is 17.7. The number of hydrogen-bond acceptors (Lipinski definition) is 3. The molecule has 2 fully saturated rings. The van der Waals surface area contributed by atoms with Gasteiger partial charge in [0.05, 0.1) is 5.92 Å². The molecule has 0 spiro atoms. The van der Waals surface area contributed by atoms with Gasteiger partial charge in [-0.15, -0.1) is 0 Å². The topological polar surface area (TPSA) is 43.9 Å². The van der Waals surface area contributed by atoms with Gasteiger partial charge in [-0.2, -0.15) is 0 Å². The first-order chi connectivity index (χ1) is 13.5. The van der Waals surface area contributed by atoms with Gasteiger partial charge in [0.1, 0.15) is 0 Å². The second-order valence-electron chi connectivity index (χ2n) is 8.64. The highest BCUT2D eigenvalue weighted by Crippen LogP contribution is 2.27. The van der Waals surface area contributed by atoms with Gasteiger partial charge in [0, 0.05) is 39.1 Å². The third kappa shape index (κ3) is 5.13. The summed E-state index contributed by atoms with van der Waals surface area (Å²) in [4.78, 5) is 32.0. The lowest BCUT2D eigenvalue weighted by molar-refractivity contribution is -0.141. The number of piperazine rings is 1. The van der Waals surface area contributed by atoms with Gasteiger partial charge in [-0.1, -0.05) is 43.7 Å². The summed E-state index contributed by atoms with van der Waals surface area (Å²) in [5.41, 5.74) is 2.30. The molecule has 1 aromatic carbocycles. The summed E-state index contributed by atoms with van der Waals surface area (Å²) in [6.07, 6.45) is 3.12. The lowest BCUT2D eigenvalue weighted by atomic mass is 9.86. The largest absolute Gasteiger partial charge is 0.339 e. The highest BCUT2D eigenvalue weighted by atomic mass is 16.2. The Labute approximate surface area is 169 Å². The number of benzene rings is 1. The van der Waals surface area contributed by atoms with E-state index in [-0.39, 0.29) is 23.7 Å². The van der Waals surface area contributed by atoms with Crippen molar-refractivity contribution in [2.45, 2.75) is 46.0 Å². The zero-order valence-corrected chi connectivity index (χ0v) is 17.7. The van der Waals surface area contributed by atoms with Crippen LogP contribution in [0.4, 0.5) is 0 Å². The lowest BCUT2D eigenvalue weighted by Gasteiger charge is -2.37.